The molecule has 6 nitrogen and oxygen atoms in total. The van der Waals surface area contributed by atoms with Crippen molar-refractivity contribution >= 4 is 35.1 Å². The van der Waals surface area contributed by atoms with Gasteiger partial charge in [-0.05, 0) is 110 Å². The molecule has 0 aromatic heterocycles. The minimum absolute atomic E-state index is 0.186. The Morgan fingerprint density at radius 1 is 1.21 bits per heavy atom. The van der Waals surface area contributed by atoms with E-state index in [-0.39, 0.29) is 22.5 Å². The Labute approximate surface area is 239 Å². The van der Waals surface area contributed by atoms with Crippen LogP contribution in [0.2, 0.25) is 5.02 Å². The van der Waals surface area contributed by atoms with E-state index in [1.54, 1.807) is 0 Å². The van der Waals surface area contributed by atoms with Crippen molar-refractivity contribution in [1.82, 2.24) is 4.72 Å². The summed E-state index contributed by atoms with van der Waals surface area (Å²) in [5, 5.41) is 21.0. The van der Waals surface area contributed by atoms with Gasteiger partial charge in [-0.15, -0.1) is 0 Å². The number of halogens is 1. The summed E-state index contributed by atoms with van der Waals surface area (Å²) in [5.74, 6) is 1.11. The first-order valence-corrected chi connectivity index (χ1v) is 15.2. The van der Waals surface area contributed by atoms with Crippen LogP contribution in [0.1, 0.15) is 60.0 Å². The summed E-state index contributed by atoms with van der Waals surface area (Å²) in [5.41, 5.74) is 3.89. The van der Waals surface area contributed by atoms with Gasteiger partial charge in [0.15, 0.2) is 0 Å². The van der Waals surface area contributed by atoms with Crippen molar-refractivity contribution in [2.45, 2.75) is 61.7 Å². The minimum Gasteiger partial charge on any atom is -0.490 e. The number of amides is 1. The minimum atomic E-state index is -0.495. The van der Waals surface area contributed by atoms with Gasteiger partial charge >= 0.3 is 0 Å². The Morgan fingerprint density at radius 3 is 2.92 bits per heavy atom. The van der Waals surface area contributed by atoms with Crippen molar-refractivity contribution in [3.8, 4) is 11.8 Å². The van der Waals surface area contributed by atoms with Crippen molar-refractivity contribution in [1.29, 1.82) is 5.26 Å². The third-order valence-corrected chi connectivity index (χ3v) is 10.2. The summed E-state index contributed by atoms with van der Waals surface area (Å²) in [6.07, 6.45) is 9.85. The van der Waals surface area contributed by atoms with Crippen molar-refractivity contribution in [2.75, 3.05) is 24.6 Å². The van der Waals surface area contributed by atoms with E-state index in [2.05, 4.69) is 27.8 Å². The van der Waals surface area contributed by atoms with Crippen LogP contribution in [0.4, 0.5) is 5.69 Å². The monoisotopic (exact) mass is 563 g/mol. The van der Waals surface area contributed by atoms with Gasteiger partial charge in [0, 0.05) is 29.1 Å². The molecule has 0 unspecified atom stereocenters. The number of ether oxygens (including phenoxy) is 1. The molecule has 2 heterocycles. The van der Waals surface area contributed by atoms with Gasteiger partial charge < -0.3 is 14.7 Å². The lowest BCUT2D eigenvalue weighted by Gasteiger charge is -2.45. The molecule has 1 saturated carbocycles. The smallest absolute Gasteiger partial charge is 0.261 e. The van der Waals surface area contributed by atoms with E-state index < -0.39 is 6.10 Å². The number of aliphatic hydroxyl groups excluding tert-OH is 1. The first kappa shape index (κ1) is 26.6. The predicted molar refractivity (Wildman–Crippen MR) is 155 cm³/mol. The van der Waals surface area contributed by atoms with Gasteiger partial charge in [-0.1, -0.05) is 29.8 Å². The quantitative estimate of drug-likeness (QED) is 0.310. The molecule has 2 bridgehead atoms. The molecule has 0 radical (unpaired) electrons. The molecule has 8 heteroatoms. The van der Waals surface area contributed by atoms with Crippen molar-refractivity contribution in [3.63, 3.8) is 0 Å². The lowest BCUT2D eigenvalue weighted by molar-refractivity contribution is 0.0456. The number of allylic oxidation sites excluding steroid dienone is 1. The largest absolute Gasteiger partial charge is 0.490 e. The summed E-state index contributed by atoms with van der Waals surface area (Å²) in [4.78, 5) is 15.6. The molecule has 2 aromatic rings. The topological polar surface area (TPSA) is 85.6 Å². The van der Waals surface area contributed by atoms with Crippen molar-refractivity contribution in [3.05, 3.63) is 70.3 Å². The highest BCUT2D eigenvalue weighted by Gasteiger charge is 2.44. The van der Waals surface area contributed by atoms with Crippen LogP contribution >= 0.6 is 23.5 Å². The number of nitriles is 1. The molecule has 2 aliphatic carbocycles. The van der Waals surface area contributed by atoms with Crippen LogP contribution in [-0.4, -0.2) is 42.1 Å². The standard InChI is InChI=1S/C31H34ClN3O3S/c32-23-9-11-26-20(14-23)4-3-13-31(26)18-35-17-22-7-10-25(22)28(36)6-2-1-5-24(16-33)39-34-30(37)21-8-12-29(38-19-31)27(35)15-21/h2,6,8-9,11-12,14-15,22,24-25,28,36H,1,3-5,7,10,13,17-19H2,(H,34,37)/b6-2+/t22-,24-,25+,28-,31-/m0/s1. The molecular formula is C31H34ClN3O3S. The number of rotatable bonds is 0. The molecule has 1 amide bonds. The average Bonchev–Trinajstić information content (AvgIpc) is 3.07. The number of aryl methyl sites for hydroxylation is 1. The van der Waals surface area contributed by atoms with E-state index >= 15 is 0 Å². The third-order valence-electron chi connectivity index (χ3n) is 9.04. The fraction of sp³-hybridized carbons (Fsp3) is 0.484. The zero-order chi connectivity index (χ0) is 27.0. The first-order chi connectivity index (χ1) is 19.0. The number of carbonyl (C=O) groups is 1. The summed E-state index contributed by atoms with van der Waals surface area (Å²) < 4.78 is 9.43. The van der Waals surface area contributed by atoms with Crippen LogP contribution in [-0.2, 0) is 11.8 Å². The number of carbonyl (C=O) groups excluding carboxylic acids is 1. The number of benzene rings is 2. The second-order valence-electron chi connectivity index (χ2n) is 11.5. The van der Waals surface area contributed by atoms with E-state index in [4.69, 9.17) is 16.3 Å². The third kappa shape index (κ3) is 5.27. The molecule has 1 fully saturated rings. The Kier molecular flexibility index (Phi) is 7.54. The van der Waals surface area contributed by atoms with Crippen LogP contribution in [0.15, 0.2) is 48.6 Å². The van der Waals surface area contributed by atoms with E-state index in [0.29, 0.717) is 30.9 Å². The normalized spacial score (nSPS) is 31.4. The van der Waals surface area contributed by atoms with E-state index in [9.17, 15) is 15.2 Å². The van der Waals surface area contributed by atoms with Crippen molar-refractivity contribution in [2.24, 2.45) is 11.8 Å². The summed E-state index contributed by atoms with van der Waals surface area (Å²) in [6, 6.07) is 14.2. The van der Waals surface area contributed by atoms with E-state index in [0.717, 1.165) is 73.6 Å². The number of hydrogen-bond donors (Lipinski definition) is 2. The fourth-order valence-electron chi connectivity index (χ4n) is 6.77. The molecule has 0 saturated heterocycles. The van der Waals surface area contributed by atoms with Gasteiger partial charge in [-0.2, -0.15) is 5.26 Å². The number of aliphatic hydroxyl groups is 1. The van der Waals surface area contributed by atoms with E-state index in [1.165, 1.54) is 11.1 Å². The number of anilines is 1. The summed E-state index contributed by atoms with van der Waals surface area (Å²) in [6.45, 7) is 2.14. The van der Waals surface area contributed by atoms with Crippen LogP contribution < -0.4 is 14.4 Å². The molecule has 5 atom stereocenters. The van der Waals surface area contributed by atoms with Gasteiger partial charge in [0.2, 0.25) is 0 Å². The lowest BCUT2D eigenvalue weighted by Crippen LogP contribution is -2.49. The lowest BCUT2D eigenvalue weighted by atomic mass is 9.68. The van der Waals surface area contributed by atoms with E-state index in [1.807, 2.05) is 36.4 Å². The van der Waals surface area contributed by atoms with Gasteiger partial charge in [0.25, 0.3) is 5.91 Å². The Hall–Kier alpha value is -2.66. The SMILES string of the molecule is N#C[C@@H]1CC/C=C/[C@H](O)[C@@H]2CC[C@H]2CN2C[C@@]3(CCCc4cc(Cl)ccc43)COc3ccc(cc32)C(=O)NS1. The number of fused-ring (bicyclic) bond motifs is 4. The number of nitrogens with one attached hydrogen (secondary N) is 1. The average molecular weight is 564 g/mol. The molecule has 204 valence electrons. The Balaban J connectivity index is 1.39. The summed E-state index contributed by atoms with van der Waals surface area (Å²) >= 11 is 7.54. The highest BCUT2D eigenvalue weighted by Crippen LogP contribution is 2.46. The van der Waals surface area contributed by atoms with Gasteiger partial charge in [0.05, 0.1) is 24.5 Å². The maximum Gasteiger partial charge on any atom is 0.261 e. The molecular weight excluding hydrogens is 530 g/mol. The van der Waals surface area contributed by atoms with Gasteiger partial charge in [-0.25, -0.2) is 0 Å². The number of hydrogen-bond acceptors (Lipinski definition) is 6. The Morgan fingerprint density at radius 2 is 2.10 bits per heavy atom. The second-order valence-corrected chi connectivity index (χ2v) is 12.9. The molecule has 2 aromatic carbocycles. The molecule has 4 aliphatic rings. The zero-order valence-corrected chi connectivity index (χ0v) is 23.5. The van der Waals surface area contributed by atoms with Crippen LogP contribution in [0.25, 0.3) is 0 Å². The maximum atomic E-state index is 13.1. The van der Waals surface area contributed by atoms with Gasteiger partial charge in [-0.3, -0.25) is 9.52 Å². The van der Waals surface area contributed by atoms with Crippen LogP contribution in [0, 0.1) is 23.2 Å². The number of nitrogens with zero attached hydrogens (tertiary/aromatic N) is 2. The molecule has 39 heavy (non-hydrogen) atoms. The molecule has 2 aliphatic heterocycles. The highest BCUT2D eigenvalue weighted by molar-refractivity contribution is 7.98. The van der Waals surface area contributed by atoms with Crippen LogP contribution in [0.5, 0.6) is 5.75 Å². The molecule has 2 N–H and O–H groups in total. The van der Waals surface area contributed by atoms with Crippen molar-refractivity contribution < 1.29 is 14.6 Å². The molecule has 1 spiro atoms. The zero-order valence-electron chi connectivity index (χ0n) is 21.9. The predicted octanol–water partition coefficient (Wildman–Crippen LogP) is 5.82. The molecule has 6 rings (SSSR count). The summed E-state index contributed by atoms with van der Waals surface area (Å²) in [7, 11) is 0. The maximum absolute atomic E-state index is 13.1. The van der Waals surface area contributed by atoms with Crippen LogP contribution in [0.3, 0.4) is 0 Å². The Bertz CT molecular complexity index is 1330. The highest BCUT2D eigenvalue weighted by atomic mass is 35.5. The van der Waals surface area contributed by atoms with Gasteiger partial charge in [0.1, 0.15) is 11.0 Å². The fourth-order valence-corrected chi connectivity index (χ4v) is 7.64. The first-order valence-electron chi connectivity index (χ1n) is 14.0. The second kappa shape index (κ2) is 11.1.